The Labute approximate surface area is 131 Å². The van der Waals surface area contributed by atoms with E-state index >= 15 is 0 Å². The lowest BCUT2D eigenvalue weighted by Gasteiger charge is -2.16. The number of benzene rings is 1. The van der Waals surface area contributed by atoms with Crippen LogP contribution in [0.1, 0.15) is 0 Å². The van der Waals surface area contributed by atoms with Crippen molar-refractivity contribution in [2.24, 2.45) is 0 Å². The lowest BCUT2D eigenvalue weighted by atomic mass is 10.4. The van der Waals surface area contributed by atoms with Gasteiger partial charge in [0.25, 0.3) is 0 Å². The molecule has 0 atom stereocenters. The Kier molecular flexibility index (Phi) is 8.03. The van der Waals surface area contributed by atoms with Gasteiger partial charge in [-0.15, -0.1) is 0 Å². The summed E-state index contributed by atoms with van der Waals surface area (Å²) in [6.07, 6.45) is 0. The van der Waals surface area contributed by atoms with Crippen molar-refractivity contribution in [1.82, 2.24) is 14.9 Å². The first-order valence-electron chi connectivity index (χ1n) is 6.96. The summed E-state index contributed by atoms with van der Waals surface area (Å²) in [5.74, 6) is -0.337. The van der Waals surface area contributed by atoms with Crippen LogP contribution in [0.25, 0.3) is 0 Å². The van der Waals surface area contributed by atoms with Gasteiger partial charge in [0.1, 0.15) is 0 Å². The lowest BCUT2D eigenvalue weighted by Crippen LogP contribution is -2.40. The Morgan fingerprint density at radius 2 is 1.86 bits per heavy atom. The van der Waals surface area contributed by atoms with E-state index in [1.807, 2.05) is 0 Å². The zero-order chi connectivity index (χ0) is 16.4. The molecule has 0 spiro atoms. The van der Waals surface area contributed by atoms with E-state index in [1.165, 1.54) is 19.2 Å². The smallest absolute Gasteiger partial charge is 0.243 e. The predicted octanol–water partition coefficient (Wildman–Crippen LogP) is -0.341. The third-order valence-corrected chi connectivity index (χ3v) is 4.74. The molecule has 7 nitrogen and oxygen atoms in total. The number of nitrogens with one attached hydrogen (secondary N) is 2. The average Bonchev–Trinajstić information content (AvgIpc) is 2.51. The molecule has 1 aromatic rings. The van der Waals surface area contributed by atoms with E-state index in [0.717, 1.165) is 4.31 Å². The fourth-order valence-corrected chi connectivity index (χ4v) is 2.85. The first-order valence-corrected chi connectivity index (χ1v) is 8.40. The highest BCUT2D eigenvalue weighted by atomic mass is 32.2. The molecule has 124 valence electrons. The van der Waals surface area contributed by atoms with E-state index in [0.29, 0.717) is 26.2 Å². The number of sulfonamides is 1. The van der Waals surface area contributed by atoms with Gasteiger partial charge in [-0.3, -0.25) is 4.79 Å². The molecule has 0 aliphatic carbocycles. The first-order chi connectivity index (χ1) is 10.5. The number of nitrogens with zero attached hydrogens (tertiary/aromatic N) is 1. The predicted molar refractivity (Wildman–Crippen MR) is 84.0 cm³/mol. The summed E-state index contributed by atoms with van der Waals surface area (Å²) in [6, 6.07) is 8.04. The summed E-state index contributed by atoms with van der Waals surface area (Å²) in [7, 11) is -0.631. The van der Waals surface area contributed by atoms with Crippen molar-refractivity contribution in [1.29, 1.82) is 0 Å². The second kappa shape index (κ2) is 9.52. The largest absolute Gasteiger partial charge is 0.383 e. The molecule has 0 aliphatic rings. The third kappa shape index (κ3) is 6.10. The molecule has 1 aromatic carbocycles. The number of carbonyl (C=O) groups excluding carboxylic acids is 1. The Morgan fingerprint density at radius 1 is 1.18 bits per heavy atom. The highest BCUT2D eigenvalue weighted by molar-refractivity contribution is 7.89. The molecule has 0 unspecified atom stereocenters. The number of rotatable bonds is 10. The van der Waals surface area contributed by atoms with Crippen molar-refractivity contribution in [2.45, 2.75) is 4.90 Å². The van der Waals surface area contributed by atoms with Crippen LogP contribution < -0.4 is 10.6 Å². The first kappa shape index (κ1) is 18.6. The van der Waals surface area contributed by atoms with Crippen LogP contribution in [0, 0.1) is 0 Å². The normalized spacial score (nSPS) is 11.6. The van der Waals surface area contributed by atoms with Gasteiger partial charge in [0.05, 0.1) is 18.0 Å². The van der Waals surface area contributed by atoms with Gasteiger partial charge < -0.3 is 15.4 Å². The summed E-state index contributed by atoms with van der Waals surface area (Å²) in [6.45, 7) is 2.13. The van der Waals surface area contributed by atoms with Crippen molar-refractivity contribution in [3.63, 3.8) is 0 Å². The van der Waals surface area contributed by atoms with E-state index in [-0.39, 0.29) is 17.3 Å². The number of hydrogen-bond acceptors (Lipinski definition) is 5. The minimum atomic E-state index is -3.64. The Morgan fingerprint density at radius 3 is 2.50 bits per heavy atom. The molecule has 0 radical (unpaired) electrons. The van der Waals surface area contributed by atoms with Crippen molar-refractivity contribution < 1.29 is 17.9 Å². The Balaban J connectivity index is 2.38. The van der Waals surface area contributed by atoms with Crippen LogP contribution >= 0.6 is 0 Å². The molecule has 0 fully saturated rings. The molecular formula is C14H23N3O4S. The number of methoxy groups -OCH3 is 1. The van der Waals surface area contributed by atoms with E-state index in [4.69, 9.17) is 4.74 Å². The Hall–Kier alpha value is -1.48. The van der Waals surface area contributed by atoms with E-state index in [9.17, 15) is 13.2 Å². The quantitative estimate of drug-likeness (QED) is 0.574. The molecule has 2 N–H and O–H groups in total. The second-order valence-electron chi connectivity index (χ2n) is 4.67. The van der Waals surface area contributed by atoms with Crippen molar-refractivity contribution in [3.8, 4) is 0 Å². The van der Waals surface area contributed by atoms with Gasteiger partial charge in [0.15, 0.2) is 0 Å². The van der Waals surface area contributed by atoms with Crippen LogP contribution in [0.5, 0.6) is 0 Å². The summed E-state index contributed by atoms with van der Waals surface area (Å²) in [5, 5.41) is 5.75. The molecule has 0 aromatic heterocycles. The number of likely N-dealkylation sites (N-methyl/N-ethyl adjacent to an activating group) is 1. The van der Waals surface area contributed by atoms with Gasteiger partial charge in [-0.1, -0.05) is 18.2 Å². The Bertz CT molecular complexity index is 548. The topological polar surface area (TPSA) is 87.7 Å². The molecule has 0 bridgehead atoms. The van der Waals surface area contributed by atoms with Crippen LogP contribution in [-0.4, -0.2) is 65.6 Å². The minimum absolute atomic E-state index is 0.173. The van der Waals surface area contributed by atoms with Crippen molar-refractivity contribution in [2.75, 3.05) is 46.9 Å². The van der Waals surface area contributed by atoms with Gasteiger partial charge in [0, 0.05) is 33.8 Å². The van der Waals surface area contributed by atoms with Crippen LogP contribution in [0.2, 0.25) is 0 Å². The van der Waals surface area contributed by atoms with E-state index < -0.39 is 10.0 Å². The molecule has 0 saturated heterocycles. The molecule has 8 heteroatoms. The standard InChI is InChI=1S/C14H23N3O4S/c1-17(22(19,20)13-6-4-3-5-7-13)12-14(18)16-9-8-15-10-11-21-2/h3-7,15H,8-12H2,1-2H3,(H,16,18). The fraction of sp³-hybridized carbons (Fsp3) is 0.500. The summed E-state index contributed by atoms with van der Waals surface area (Å²) >= 11 is 0. The van der Waals surface area contributed by atoms with Gasteiger partial charge in [-0.25, -0.2) is 8.42 Å². The van der Waals surface area contributed by atoms with Gasteiger partial charge in [-0.05, 0) is 12.1 Å². The van der Waals surface area contributed by atoms with Crippen LogP contribution in [-0.2, 0) is 19.6 Å². The maximum Gasteiger partial charge on any atom is 0.243 e. The third-order valence-electron chi connectivity index (χ3n) is 2.92. The van der Waals surface area contributed by atoms with Crippen molar-refractivity contribution >= 4 is 15.9 Å². The number of amides is 1. The zero-order valence-electron chi connectivity index (χ0n) is 12.9. The minimum Gasteiger partial charge on any atom is -0.383 e. The molecular weight excluding hydrogens is 306 g/mol. The monoisotopic (exact) mass is 329 g/mol. The highest BCUT2D eigenvalue weighted by Gasteiger charge is 2.22. The summed E-state index contributed by atoms with van der Waals surface area (Å²) in [5.41, 5.74) is 0. The number of carbonyl (C=O) groups is 1. The molecule has 1 amide bonds. The highest BCUT2D eigenvalue weighted by Crippen LogP contribution is 2.12. The van der Waals surface area contributed by atoms with E-state index in [1.54, 1.807) is 25.3 Å². The number of ether oxygens (including phenoxy) is 1. The molecule has 1 rings (SSSR count). The van der Waals surface area contributed by atoms with Crippen molar-refractivity contribution in [3.05, 3.63) is 30.3 Å². The average molecular weight is 329 g/mol. The second-order valence-corrected chi connectivity index (χ2v) is 6.71. The summed E-state index contributed by atoms with van der Waals surface area (Å²) < 4.78 is 30.4. The van der Waals surface area contributed by atoms with Crippen LogP contribution in [0.3, 0.4) is 0 Å². The van der Waals surface area contributed by atoms with Gasteiger partial charge in [-0.2, -0.15) is 4.31 Å². The fourth-order valence-electron chi connectivity index (χ4n) is 1.71. The zero-order valence-corrected chi connectivity index (χ0v) is 13.7. The molecule has 22 heavy (non-hydrogen) atoms. The molecule has 0 aliphatic heterocycles. The lowest BCUT2D eigenvalue weighted by molar-refractivity contribution is -0.121. The van der Waals surface area contributed by atoms with Gasteiger partial charge >= 0.3 is 0 Å². The van der Waals surface area contributed by atoms with Crippen LogP contribution in [0.4, 0.5) is 0 Å². The maximum atomic E-state index is 12.2. The summed E-state index contributed by atoms with van der Waals surface area (Å²) in [4.78, 5) is 11.9. The molecule has 0 heterocycles. The van der Waals surface area contributed by atoms with E-state index in [2.05, 4.69) is 10.6 Å². The van der Waals surface area contributed by atoms with Crippen LogP contribution in [0.15, 0.2) is 35.2 Å². The van der Waals surface area contributed by atoms with Gasteiger partial charge in [0.2, 0.25) is 15.9 Å². The number of hydrogen-bond donors (Lipinski definition) is 2. The SMILES string of the molecule is COCCNCCNC(=O)CN(C)S(=O)(=O)c1ccccc1. The maximum absolute atomic E-state index is 12.2. The molecule has 0 saturated carbocycles.